The summed E-state index contributed by atoms with van der Waals surface area (Å²) in [6, 6.07) is 6.80. The minimum Gasteiger partial charge on any atom is -0.384 e. The Morgan fingerprint density at radius 2 is 2.25 bits per heavy atom. The molecule has 1 unspecified atom stereocenters. The number of rotatable bonds is 6. The third-order valence-corrected chi connectivity index (χ3v) is 3.95. The number of halogens is 1. The van der Waals surface area contributed by atoms with E-state index in [0.717, 1.165) is 16.8 Å². The molecule has 0 fully saturated rings. The van der Waals surface area contributed by atoms with E-state index in [4.69, 9.17) is 4.74 Å². The molecule has 0 heterocycles. The molecule has 1 aromatic rings. The van der Waals surface area contributed by atoms with Gasteiger partial charge in [0, 0.05) is 28.3 Å². The highest BCUT2D eigenvalue weighted by Gasteiger charge is 2.09. The Bertz CT molecular complexity index is 333. The standard InChI is InChI=1S/C12H18BrNOS/c1-9(14-2)11-5-4-10(13)8-12(11)16-7-6-15-3/h4-5,8-9,14H,6-7H2,1-3H3. The number of ether oxygens (including phenoxy) is 1. The molecule has 1 atom stereocenters. The lowest BCUT2D eigenvalue weighted by molar-refractivity contribution is 0.218. The summed E-state index contributed by atoms with van der Waals surface area (Å²) in [6.07, 6.45) is 0. The molecule has 0 bridgehead atoms. The van der Waals surface area contributed by atoms with Gasteiger partial charge in [0.2, 0.25) is 0 Å². The van der Waals surface area contributed by atoms with Crippen molar-refractivity contribution in [1.29, 1.82) is 0 Å². The van der Waals surface area contributed by atoms with E-state index in [2.05, 4.69) is 46.4 Å². The highest BCUT2D eigenvalue weighted by atomic mass is 79.9. The fraction of sp³-hybridized carbons (Fsp3) is 0.500. The molecule has 2 nitrogen and oxygen atoms in total. The lowest BCUT2D eigenvalue weighted by atomic mass is 10.1. The molecule has 0 radical (unpaired) electrons. The van der Waals surface area contributed by atoms with E-state index in [1.165, 1.54) is 10.5 Å². The Morgan fingerprint density at radius 3 is 2.88 bits per heavy atom. The molecular weight excluding hydrogens is 286 g/mol. The van der Waals surface area contributed by atoms with E-state index in [1.54, 1.807) is 7.11 Å². The second kappa shape index (κ2) is 7.33. The Labute approximate surface area is 110 Å². The third-order valence-electron chi connectivity index (χ3n) is 2.42. The van der Waals surface area contributed by atoms with Gasteiger partial charge in [-0.05, 0) is 31.7 Å². The molecule has 0 aliphatic heterocycles. The Morgan fingerprint density at radius 1 is 1.50 bits per heavy atom. The van der Waals surface area contributed by atoms with Gasteiger partial charge in [-0.3, -0.25) is 0 Å². The molecule has 0 aliphatic rings. The van der Waals surface area contributed by atoms with Crippen molar-refractivity contribution in [3.05, 3.63) is 28.2 Å². The van der Waals surface area contributed by atoms with Gasteiger partial charge >= 0.3 is 0 Å². The van der Waals surface area contributed by atoms with Gasteiger partial charge in [0.25, 0.3) is 0 Å². The summed E-state index contributed by atoms with van der Waals surface area (Å²) in [4.78, 5) is 1.31. The average Bonchev–Trinajstić information content (AvgIpc) is 2.29. The first-order valence-corrected chi connectivity index (χ1v) is 7.05. The van der Waals surface area contributed by atoms with E-state index in [-0.39, 0.29) is 0 Å². The van der Waals surface area contributed by atoms with Crippen LogP contribution in [0.4, 0.5) is 0 Å². The first-order valence-electron chi connectivity index (χ1n) is 5.27. The topological polar surface area (TPSA) is 21.3 Å². The molecule has 0 saturated heterocycles. The number of nitrogens with one attached hydrogen (secondary N) is 1. The molecule has 1 N–H and O–H groups in total. The highest BCUT2D eigenvalue weighted by molar-refractivity contribution is 9.10. The normalized spacial score (nSPS) is 12.8. The fourth-order valence-electron chi connectivity index (χ4n) is 1.38. The minimum absolute atomic E-state index is 0.373. The molecule has 0 amide bonds. The van der Waals surface area contributed by atoms with Crippen LogP contribution in [0.25, 0.3) is 0 Å². The first kappa shape index (κ1) is 14.0. The number of thioether (sulfide) groups is 1. The average molecular weight is 304 g/mol. The summed E-state index contributed by atoms with van der Waals surface area (Å²) in [5, 5.41) is 3.27. The summed E-state index contributed by atoms with van der Waals surface area (Å²) >= 11 is 5.35. The largest absolute Gasteiger partial charge is 0.384 e. The summed E-state index contributed by atoms with van der Waals surface area (Å²) in [5.74, 6) is 0.983. The third kappa shape index (κ3) is 4.09. The first-order chi connectivity index (χ1) is 7.69. The van der Waals surface area contributed by atoms with E-state index in [1.807, 2.05) is 18.8 Å². The minimum atomic E-state index is 0.373. The summed E-state index contributed by atoms with van der Waals surface area (Å²) in [5.41, 5.74) is 1.34. The van der Waals surface area contributed by atoms with Crippen molar-refractivity contribution in [3.8, 4) is 0 Å². The monoisotopic (exact) mass is 303 g/mol. The molecule has 0 saturated carbocycles. The van der Waals surface area contributed by atoms with Crippen molar-refractivity contribution in [2.24, 2.45) is 0 Å². The van der Waals surface area contributed by atoms with Gasteiger partial charge in [0.1, 0.15) is 0 Å². The van der Waals surface area contributed by atoms with Crippen molar-refractivity contribution in [1.82, 2.24) is 5.32 Å². The quantitative estimate of drug-likeness (QED) is 0.642. The van der Waals surface area contributed by atoms with E-state index in [0.29, 0.717) is 6.04 Å². The zero-order valence-electron chi connectivity index (χ0n) is 9.92. The van der Waals surface area contributed by atoms with Crippen LogP contribution < -0.4 is 5.32 Å². The van der Waals surface area contributed by atoms with Crippen molar-refractivity contribution in [2.75, 3.05) is 26.5 Å². The molecule has 16 heavy (non-hydrogen) atoms. The van der Waals surface area contributed by atoms with Gasteiger partial charge in [-0.1, -0.05) is 22.0 Å². The zero-order chi connectivity index (χ0) is 12.0. The van der Waals surface area contributed by atoms with Gasteiger partial charge < -0.3 is 10.1 Å². The molecule has 90 valence electrons. The number of hydrogen-bond acceptors (Lipinski definition) is 3. The Hall–Kier alpha value is -0.0300. The van der Waals surface area contributed by atoms with Gasteiger partial charge in [0.15, 0.2) is 0 Å². The second-order valence-corrected chi connectivity index (χ2v) is 5.59. The van der Waals surface area contributed by atoms with Gasteiger partial charge in [0.05, 0.1) is 6.61 Å². The summed E-state index contributed by atoms with van der Waals surface area (Å²) < 4.78 is 6.20. The molecule has 0 spiro atoms. The van der Waals surface area contributed by atoms with Crippen molar-refractivity contribution in [2.45, 2.75) is 17.9 Å². The lowest BCUT2D eigenvalue weighted by Crippen LogP contribution is -2.13. The predicted octanol–water partition coefficient (Wildman–Crippen LogP) is 3.47. The fourth-order valence-corrected chi connectivity index (χ4v) is 2.99. The van der Waals surface area contributed by atoms with Crippen molar-refractivity contribution >= 4 is 27.7 Å². The van der Waals surface area contributed by atoms with Crippen LogP contribution in [0.1, 0.15) is 18.5 Å². The van der Waals surface area contributed by atoms with E-state index >= 15 is 0 Å². The maximum Gasteiger partial charge on any atom is 0.0556 e. The molecular formula is C12H18BrNOS. The summed E-state index contributed by atoms with van der Waals surface area (Å²) in [6.45, 7) is 2.95. The van der Waals surface area contributed by atoms with Crippen LogP contribution >= 0.6 is 27.7 Å². The van der Waals surface area contributed by atoms with Gasteiger partial charge in [-0.15, -0.1) is 11.8 Å². The SMILES string of the molecule is CNC(C)c1ccc(Br)cc1SCCOC. The van der Waals surface area contributed by atoms with Crippen molar-refractivity contribution in [3.63, 3.8) is 0 Å². The molecule has 4 heteroatoms. The van der Waals surface area contributed by atoms with Crippen LogP contribution in [-0.2, 0) is 4.74 Å². The maximum absolute atomic E-state index is 5.07. The highest BCUT2D eigenvalue weighted by Crippen LogP contribution is 2.30. The maximum atomic E-state index is 5.07. The molecule has 0 aliphatic carbocycles. The van der Waals surface area contributed by atoms with Crippen LogP contribution in [0.2, 0.25) is 0 Å². The molecule has 1 aromatic carbocycles. The van der Waals surface area contributed by atoms with Crippen LogP contribution in [-0.4, -0.2) is 26.5 Å². The van der Waals surface area contributed by atoms with Crippen molar-refractivity contribution < 1.29 is 4.74 Å². The lowest BCUT2D eigenvalue weighted by Gasteiger charge is -2.15. The Balaban J connectivity index is 2.81. The van der Waals surface area contributed by atoms with Gasteiger partial charge in [-0.25, -0.2) is 0 Å². The van der Waals surface area contributed by atoms with Crippen LogP contribution in [0.15, 0.2) is 27.6 Å². The smallest absolute Gasteiger partial charge is 0.0556 e. The van der Waals surface area contributed by atoms with E-state index in [9.17, 15) is 0 Å². The van der Waals surface area contributed by atoms with E-state index < -0.39 is 0 Å². The molecule has 0 aromatic heterocycles. The zero-order valence-corrected chi connectivity index (χ0v) is 12.3. The number of benzene rings is 1. The van der Waals surface area contributed by atoms with Crippen LogP contribution in [0.3, 0.4) is 0 Å². The second-order valence-electron chi connectivity index (χ2n) is 3.53. The molecule has 1 rings (SSSR count). The number of methoxy groups -OCH3 is 1. The van der Waals surface area contributed by atoms with Gasteiger partial charge in [-0.2, -0.15) is 0 Å². The van der Waals surface area contributed by atoms with Crippen LogP contribution in [0.5, 0.6) is 0 Å². The van der Waals surface area contributed by atoms with Crippen LogP contribution in [0, 0.1) is 0 Å². The Kier molecular flexibility index (Phi) is 6.43. The number of hydrogen-bond donors (Lipinski definition) is 1. The summed E-state index contributed by atoms with van der Waals surface area (Å²) in [7, 11) is 3.72. The predicted molar refractivity (Wildman–Crippen MR) is 74.2 cm³/mol.